The molecule has 0 radical (unpaired) electrons. The zero-order valence-corrected chi connectivity index (χ0v) is 8.88. The highest BCUT2D eigenvalue weighted by atomic mass is 16.2. The van der Waals surface area contributed by atoms with Crippen LogP contribution in [-0.2, 0) is 4.79 Å². The summed E-state index contributed by atoms with van der Waals surface area (Å²) >= 11 is 0. The van der Waals surface area contributed by atoms with Crippen LogP contribution in [0.2, 0.25) is 0 Å². The van der Waals surface area contributed by atoms with Crippen molar-refractivity contribution in [3.63, 3.8) is 0 Å². The Labute approximate surface area is 84.6 Å². The minimum absolute atomic E-state index is 0.126. The topological polar surface area (TPSA) is 75.4 Å². The first-order valence-corrected chi connectivity index (χ1v) is 4.92. The maximum Gasteiger partial charge on any atom is 0.312 e. The normalized spacial score (nSPS) is 9.57. The van der Waals surface area contributed by atoms with Gasteiger partial charge in [-0.05, 0) is 20.3 Å². The van der Waals surface area contributed by atoms with Gasteiger partial charge in [0.2, 0.25) is 5.91 Å². The van der Waals surface area contributed by atoms with E-state index in [0.29, 0.717) is 19.4 Å². The largest absolute Gasteiger partial charge is 0.352 e. The molecule has 3 amide bonds. The van der Waals surface area contributed by atoms with Crippen LogP contribution >= 0.6 is 0 Å². The van der Waals surface area contributed by atoms with Crippen LogP contribution in [0.5, 0.6) is 0 Å². The van der Waals surface area contributed by atoms with Crippen molar-refractivity contribution in [2.75, 3.05) is 19.6 Å². The van der Waals surface area contributed by atoms with Gasteiger partial charge in [0.1, 0.15) is 0 Å². The number of nitrogens with one attached hydrogen (secondary N) is 1. The minimum Gasteiger partial charge on any atom is -0.352 e. The van der Waals surface area contributed by atoms with Gasteiger partial charge in [0.15, 0.2) is 0 Å². The van der Waals surface area contributed by atoms with E-state index in [2.05, 4.69) is 5.32 Å². The summed E-state index contributed by atoms with van der Waals surface area (Å²) < 4.78 is 0. The molecule has 0 aliphatic heterocycles. The lowest BCUT2D eigenvalue weighted by atomic mass is 10.2. The third kappa shape index (κ3) is 5.40. The van der Waals surface area contributed by atoms with Gasteiger partial charge in [-0.25, -0.2) is 4.79 Å². The van der Waals surface area contributed by atoms with Gasteiger partial charge in [-0.3, -0.25) is 4.79 Å². The predicted molar refractivity (Wildman–Crippen MR) is 54.7 cm³/mol. The number of nitrogens with two attached hydrogens (primary N) is 1. The molecule has 0 bridgehead atoms. The fourth-order valence-electron chi connectivity index (χ4n) is 1.19. The highest BCUT2D eigenvalue weighted by Gasteiger charge is 2.08. The van der Waals surface area contributed by atoms with Crippen molar-refractivity contribution in [1.82, 2.24) is 10.2 Å². The van der Waals surface area contributed by atoms with Crippen LogP contribution in [0.15, 0.2) is 0 Å². The van der Waals surface area contributed by atoms with Crippen molar-refractivity contribution in [2.24, 2.45) is 5.73 Å². The molecule has 0 spiro atoms. The Morgan fingerprint density at radius 2 is 1.86 bits per heavy atom. The molecule has 0 aliphatic carbocycles. The zero-order valence-electron chi connectivity index (χ0n) is 8.88. The highest BCUT2D eigenvalue weighted by Crippen LogP contribution is 1.96. The van der Waals surface area contributed by atoms with Gasteiger partial charge >= 0.3 is 6.03 Å². The molecular weight excluding hydrogens is 182 g/mol. The molecule has 0 saturated heterocycles. The Morgan fingerprint density at radius 3 is 2.29 bits per heavy atom. The first-order valence-electron chi connectivity index (χ1n) is 4.92. The molecule has 82 valence electrons. The summed E-state index contributed by atoms with van der Waals surface area (Å²) in [5.74, 6) is 0.126. The van der Waals surface area contributed by atoms with Crippen LogP contribution in [0, 0.1) is 0 Å². The number of primary amides is 1. The van der Waals surface area contributed by atoms with E-state index in [4.69, 9.17) is 5.73 Å². The summed E-state index contributed by atoms with van der Waals surface area (Å²) in [5.41, 5.74) is 4.88. The number of carbonyl (C=O) groups excluding carboxylic acids is 2. The summed E-state index contributed by atoms with van der Waals surface area (Å²) in [6.07, 6.45) is 1.10. The van der Waals surface area contributed by atoms with E-state index in [9.17, 15) is 9.59 Å². The fourth-order valence-corrected chi connectivity index (χ4v) is 1.19. The molecule has 14 heavy (non-hydrogen) atoms. The van der Waals surface area contributed by atoms with Crippen molar-refractivity contribution in [3.8, 4) is 0 Å². The van der Waals surface area contributed by atoms with Crippen molar-refractivity contribution in [1.29, 1.82) is 0 Å². The first kappa shape index (κ1) is 12.7. The average Bonchev–Trinajstić information content (AvgIpc) is 2.14. The molecular formula is C9H19N3O2. The molecule has 0 rings (SSSR count). The molecule has 0 aromatic rings. The summed E-state index contributed by atoms with van der Waals surface area (Å²) in [5, 5.41) is 2.44. The summed E-state index contributed by atoms with van der Waals surface area (Å²) in [6, 6.07) is -0.541. The number of rotatable bonds is 6. The molecule has 0 aromatic heterocycles. The number of hydrogen-bond acceptors (Lipinski definition) is 2. The lowest BCUT2D eigenvalue weighted by Crippen LogP contribution is -2.33. The van der Waals surface area contributed by atoms with Gasteiger partial charge in [-0.15, -0.1) is 0 Å². The first-order chi connectivity index (χ1) is 6.61. The molecule has 5 nitrogen and oxygen atoms in total. The Morgan fingerprint density at radius 1 is 1.29 bits per heavy atom. The standard InChI is InChI=1S/C9H19N3O2/c1-3-12(4-2)8(13)6-5-7-11-9(10)14/h3-7H2,1-2H3,(H3,10,11,14). The third-order valence-electron chi connectivity index (χ3n) is 1.98. The molecule has 0 heterocycles. The molecule has 5 heteroatoms. The Bertz CT molecular complexity index is 190. The van der Waals surface area contributed by atoms with Gasteiger partial charge in [-0.1, -0.05) is 0 Å². The molecule has 3 N–H and O–H groups in total. The number of carbonyl (C=O) groups is 2. The van der Waals surface area contributed by atoms with Crippen LogP contribution in [0.25, 0.3) is 0 Å². The van der Waals surface area contributed by atoms with Gasteiger partial charge in [0.05, 0.1) is 0 Å². The van der Waals surface area contributed by atoms with E-state index in [1.165, 1.54) is 0 Å². The van der Waals surface area contributed by atoms with Crippen molar-refractivity contribution < 1.29 is 9.59 Å². The monoisotopic (exact) mass is 201 g/mol. The highest BCUT2D eigenvalue weighted by molar-refractivity contribution is 5.76. The van der Waals surface area contributed by atoms with Crippen LogP contribution < -0.4 is 11.1 Å². The molecule has 0 unspecified atom stereocenters. The van der Waals surface area contributed by atoms with Crippen molar-refractivity contribution in [3.05, 3.63) is 0 Å². The second-order valence-electron chi connectivity index (χ2n) is 2.96. The van der Waals surface area contributed by atoms with Gasteiger partial charge in [-0.2, -0.15) is 0 Å². The fraction of sp³-hybridized carbons (Fsp3) is 0.778. The second-order valence-corrected chi connectivity index (χ2v) is 2.96. The van der Waals surface area contributed by atoms with E-state index < -0.39 is 6.03 Å². The smallest absolute Gasteiger partial charge is 0.312 e. The lowest BCUT2D eigenvalue weighted by Gasteiger charge is -2.18. The number of hydrogen-bond donors (Lipinski definition) is 2. The summed E-state index contributed by atoms with van der Waals surface area (Å²) in [7, 11) is 0. The van der Waals surface area contributed by atoms with E-state index >= 15 is 0 Å². The van der Waals surface area contributed by atoms with Crippen LogP contribution in [-0.4, -0.2) is 36.5 Å². The summed E-state index contributed by atoms with van der Waals surface area (Å²) in [4.78, 5) is 23.5. The molecule has 0 aliphatic rings. The maximum atomic E-state index is 11.4. The number of nitrogens with zero attached hydrogens (tertiary/aromatic N) is 1. The maximum absolute atomic E-state index is 11.4. The van der Waals surface area contributed by atoms with Gasteiger partial charge in [0.25, 0.3) is 0 Å². The van der Waals surface area contributed by atoms with Crippen LogP contribution in [0.1, 0.15) is 26.7 Å². The Hall–Kier alpha value is -1.26. The predicted octanol–water partition coefficient (Wildman–Crippen LogP) is 0.303. The minimum atomic E-state index is -0.541. The molecule has 0 saturated carbocycles. The quantitative estimate of drug-likeness (QED) is 0.606. The Balaban J connectivity index is 3.57. The van der Waals surface area contributed by atoms with E-state index in [-0.39, 0.29) is 5.91 Å². The van der Waals surface area contributed by atoms with Crippen LogP contribution in [0.4, 0.5) is 4.79 Å². The van der Waals surface area contributed by atoms with Gasteiger partial charge < -0.3 is 16.0 Å². The lowest BCUT2D eigenvalue weighted by molar-refractivity contribution is -0.130. The number of urea groups is 1. The molecule has 0 aromatic carbocycles. The van der Waals surface area contributed by atoms with Gasteiger partial charge in [0, 0.05) is 26.1 Å². The van der Waals surface area contributed by atoms with E-state index in [1.807, 2.05) is 13.8 Å². The summed E-state index contributed by atoms with van der Waals surface area (Å²) in [6.45, 7) is 5.83. The number of amides is 3. The van der Waals surface area contributed by atoms with E-state index in [0.717, 1.165) is 13.1 Å². The SMILES string of the molecule is CCN(CC)C(=O)CCCNC(N)=O. The van der Waals surface area contributed by atoms with Crippen LogP contribution in [0.3, 0.4) is 0 Å². The molecule has 0 fully saturated rings. The Kier molecular flexibility index (Phi) is 6.53. The van der Waals surface area contributed by atoms with Crippen molar-refractivity contribution in [2.45, 2.75) is 26.7 Å². The zero-order chi connectivity index (χ0) is 11.0. The van der Waals surface area contributed by atoms with Crippen molar-refractivity contribution >= 4 is 11.9 Å². The molecule has 0 atom stereocenters. The third-order valence-corrected chi connectivity index (χ3v) is 1.98. The second kappa shape index (κ2) is 7.17. The van der Waals surface area contributed by atoms with E-state index in [1.54, 1.807) is 4.90 Å². The average molecular weight is 201 g/mol.